The second-order valence-electron chi connectivity index (χ2n) is 6.09. The number of nitrogens with one attached hydrogen (secondary N) is 2. The predicted molar refractivity (Wildman–Crippen MR) is 98.5 cm³/mol. The lowest BCUT2D eigenvalue weighted by Crippen LogP contribution is -2.38. The van der Waals surface area contributed by atoms with Crippen molar-refractivity contribution in [3.63, 3.8) is 0 Å². The van der Waals surface area contributed by atoms with E-state index >= 15 is 0 Å². The highest BCUT2D eigenvalue weighted by Gasteiger charge is 2.19. The first-order valence-corrected chi connectivity index (χ1v) is 8.18. The first kappa shape index (κ1) is 18.7. The third-order valence-electron chi connectivity index (χ3n) is 3.92. The molecule has 25 heavy (non-hydrogen) atoms. The molecule has 1 aromatic heterocycles. The molecule has 1 aromatic carbocycles. The Labute approximate surface area is 146 Å². The molecule has 0 aliphatic rings. The van der Waals surface area contributed by atoms with Crippen LogP contribution in [0.15, 0.2) is 30.3 Å². The van der Waals surface area contributed by atoms with Gasteiger partial charge in [0.05, 0.1) is 5.56 Å². The molecule has 2 atom stereocenters. The fraction of sp³-hybridized carbons (Fsp3) is 0.333. The summed E-state index contributed by atoms with van der Waals surface area (Å²) in [6.07, 6.45) is 0.705. The van der Waals surface area contributed by atoms with Crippen LogP contribution in [-0.2, 0) is 0 Å². The fourth-order valence-corrected chi connectivity index (χ4v) is 2.51. The summed E-state index contributed by atoms with van der Waals surface area (Å²) in [5, 5.41) is 6.03. The molecular weight excluding hydrogens is 321 g/mol. The van der Waals surface area contributed by atoms with Gasteiger partial charge in [0, 0.05) is 17.8 Å². The molecular formula is C18H24FN5O. The molecule has 0 spiro atoms. The standard InChI is InChI=1S/C18H24FN5O/c1-4-15(11(3)20)23-18-14(19)9-13(16(21)25)17(24-18)22-12-7-5-6-10(2)8-12/h5-9,11,15H,4,20H2,1-3H3,(H2,21,25)(H2,22,23,24)/t11-,15+/m0/s1. The number of carbonyl (C=O) groups excluding carboxylic acids is 1. The van der Waals surface area contributed by atoms with Crippen molar-refractivity contribution in [2.75, 3.05) is 10.6 Å². The quantitative estimate of drug-likeness (QED) is 0.617. The number of primary amides is 1. The average molecular weight is 345 g/mol. The molecule has 6 N–H and O–H groups in total. The van der Waals surface area contributed by atoms with Gasteiger partial charge in [0.1, 0.15) is 5.82 Å². The Morgan fingerprint density at radius 2 is 2.04 bits per heavy atom. The molecule has 1 heterocycles. The van der Waals surface area contributed by atoms with E-state index in [-0.39, 0.29) is 29.3 Å². The van der Waals surface area contributed by atoms with Crippen molar-refractivity contribution in [3.05, 3.63) is 47.3 Å². The Kier molecular flexibility index (Phi) is 5.93. The molecule has 7 heteroatoms. The molecule has 2 rings (SSSR count). The van der Waals surface area contributed by atoms with Gasteiger partial charge in [-0.15, -0.1) is 0 Å². The lowest BCUT2D eigenvalue weighted by molar-refractivity contribution is 0.100. The number of anilines is 3. The van der Waals surface area contributed by atoms with E-state index in [9.17, 15) is 9.18 Å². The molecule has 0 fully saturated rings. The zero-order chi connectivity index (χ0) is 18.6. The van der Waals surface area contributed by atoms with Crippen molar-refractivity contribution in [1.29, 1.82) is 0 Å². The van der Waals surface area contributed by atoms with E-state index < -0.39 is 11.7 Å². The predicted octanol–water partition coefficient (Wildman–Crippen LogP) is 2.91. The third-order valence-corrected chi connectivity index (χ3v) is 3.92. The van der Waals surface area contributed by atoms with E-state index in [1.165, 1.54) is 0 Å². The molecule has 0 saturated heterocycles. The van der Waals surface area contributed by atoms with Crippen molar-refractivity contribution in [2.24, 2.45) is 11.5 Å². The van der Waals surface area contributed by atoms with Crippen LogP contribution < -0.4 is 22.1 Å². The van der Waals surface area contributed by atoms with Gasteiger partial charge >= 0.3 is 0 Å². The number of nitrogens with two attached hydrogens (primary N) is 2. The van der Waals surface area contributed by atoms with Gasteiger partial charge in [-0.05, 0) is 44.0 Å². The zero-order valence-corrected chi connectivity index (χ0v) is 14.6. The topological polar surface area (TPSA) is 106 Å². The number of nitrogens with zero attached hydrogens (tertiary/aromatic N) is 1. The van der Waals surface area contributed by atoms with E-state index in [2.05, 4.69) is 15.6 Å². The first-order valence-electron chi connectivity index (χ1n) is 8.18. The Bertz CT molecular complexity index is 763. The Morgan fingerprint density at radius 3 is 2.60 bits per heavy atom. The van der Waals surface area contributed by atoms with Crippen LogP contribution in [0.4, 0.5) is 21.7 Å². The number of halogens is 1. The molecule has 2 aromatic rings. The minimum atomic E-state index is -0.757. The van der Waals surface area contributed by atoms with Gasteiger partial charge in [-0.2, -0.15) is 0 Å². The van der Waals surface area contributed by atoms with Gasteiger partial charge in [0.15, 0.2) is 11.6 Å². The second-order valence-corrected chi connectivity index (χ2v) is 6.09. The van der Waals surface area contributed by atoms with E-state index in [4.69, 9.17) is 11.5 Å². The van der Waals surface area contributed by atoms with Gasteiger partial charge in [-0.1, -0.05) is 19.1 Å². The van der Waals surface area contributed by atoms with Crippen LogP contribution in [0.5, 0.6) is 0 Å². The van der Waals surface area contributed by atoms with Crippen LogP contribution in [-0.4, -0.2) is 23.0 Å². The molecule has 0 radical (unpaired) electrons. The Hall–Kier alpha value is -2.67. The maximum Gasteiger partial charge on any atom is 0.252 e. The number of benzene rings is 1. The van der Waals surface area contributed by atoms with E-state index in [1.54, 1.807) is 0 Å². The lowest BCUT2D eigenvalue weighted by atomic mass is 10.1. The van der Waals surface area contributed by atoms with E-state index in [1.807, 2.05) is 45.0 Å². The summed E-state index contributed by atoms with van der Waals surface area (Å²) in [5.41, 5.74) is 13.0. The Balaban J connectivity index is 2.42. The molecule has 1 amide bonds. The maximum absolute atomic E-state index is 14.4. The van der Waals surface area contributed by atoms with Crippen molar-refractivity contribution in [1.82, 2.24) is 4.98 Å². The number of rotatable bonds is 7. The number of aromatic nitrogens is 1. The largest absolute Gasteiger partial charge is 0.365 e. The summed E-state index contributed by atoms with van der Waals surface area (Å²) in [6, 6.07) is 8.28. The smallest absolute Gasteiger partial charge is 0.252 e. The van der Waals surface area contributed by atoms with Gasteiger partial charge in [0.2, 0.25) is 0 Å². The van der Waals surface area contributed by atoms with E-state index in [0.717, 1.165) is 17.3 Å². The molecule has 0 unspecified atom stereocenters. The summed E-state index contributed by atoms with van der Waals surface area (Å²) >= 11 is 0. The normalized spacial score (nSPS) is 13.2. The van der Waals surface area contributed by atoms with Crippen LogP contribution >= 0.6 is 0 Å². The minimum absolute atomic E-state index is 0.0154. The number of amides is 1. The molecule has 0 bridgehead atoms. The van der Waals surface area contributed by atoms with Crippen molar-refractivity contribution in [2.45, 2.75) is 39.3 Å². The number of carbonyl (C=O) groups is 1. The zero-order valence-electron chi connectivity index (χ0n) is 14.6. The SMILES string of the molecule is CC[C@@H](Nc1nc(Nc2cccc(C)c2)c(C(N)=O)cc1F)[C@H](C)N. The summed E-state index contributed by atoms with van der Waals surface area (Å²) in [7, 11) is 0. The fourth-order valence-electron chi connectivity index (χ4n) is 2.51. The second kappa shape index (κ2) is 7.94. The highest BCUT2D eigenvalue weighted by Crippen LogP contribution is 2.25. The summed E-state index contributed by atoms with van der Waals surface area (Å²) < 4.78 is 14.4. The monoisotopic (exact) mass is 345 g/mol. The first-order chi connectivity index (χ1) is 11.8. The van der Waals surface area contributed by atoms with Crippen LogP contribution in [0.2, 0.25) is 0 Å². The van der Waals surface area contributed by atoms with Crippen LogP contribution in [0.3, 0.4) is 0 Å². The Morgan fingerprint density at radius 1 is 1.32 bits per heavy atom. The molecule has 0 saturated carbocycles. The number of pyridine rings is 1. The van der Waals surface area contributed by atoms with Gasteiger partial charge < -0.3 is 22.1 Å². The van der Waals surface area contributed by atoms with Gasteiger partial charge in [-0.25, -0.2) is 9.37 Å². The van der Waals surface area contributed by atoms with Gasteiger partial charge in [0.25, 0.3) is 5.91 Å². The molecule has 0 aliphatic carbocycles. The molecule has 0 aliphatic heterocycles. The number of hydrogen-bond donors (Lipinski definition) is 4. The summed E-state index contributed by atoms with van der Waals surface area (Å²) in [6.45, 7) is 5.73. The lowest BCUT2D eigenvalue weighted by Gasteiger charge is -2.22. The minimum Gasteiger partial charge on any atom is -0.365 e. The van der Waals surface area contributed by atoms with Crippen LogP contribution in [0, 0.1) is 12.7 Å². The molecule has 6 nitrogen and oxygen atoms in total. The molecule has 134 valence electrons. The third kappa shape index (κ3) is 4.67. The highest BCUT2D eigenvalue weighted by molar-refractivity contribution is 5.98. The van der Waals surface area contributed by atoms with Crippen LogP contribution in [0.25, 0.3) is 0 Å². The van der Waals surface area contributed by atoms with Crippen molar-refractivity contribution >= 4 is 23.2 Å². The van der Waals surface area contributed by atoms with Crippen LogP contribution in [0.1, 0.15) is 36.2 Å². The summed E-state index contributed by atoms with van der Waals surface area (Å²) in [4.78, 5) is 15.9. The van der Waals surface area contributed by atoms with E-state index in [0.29, 0.717) is 6.42 Å². The maximum atomic E-state index is 14.4. The highest BCUT2D eigenvalue weighted by atomic mass is 19.1. The van der Waals surface area contributed by atoms with Crippen molar-refractivity contribution < 1.29 is 9.18 Å². The average Bonchev–Trinajstić information content (AvgIpc) is 2.54. The van der Waals surface area contributed by atoms with Crippen molar-refractivity contribution in [3.8, 4) is 0 Å². The number of hydrogen-bond acceptors (Lipinski definition) is 5. The number of aryl methyl sites for hydroxylation is 1. The summed E-state index contributed by atoms with van der Waals surface area (Å²) in [5.74, 6) is -1.18. The van der Waals surface area contributed by atoms with Gasteiger partial charge in [-0.3, -0.25) is 4.79 Å².